The van der Waals surface area contributed by atoms with Gasteiger partial charge in [0.1, 0.15) is 6.17 Å². The molecule has 2 rings (SSSR count). The van der Waals surface area contributed by atoms with Crippen molar-refractivity contribution in [1.29, 1.82) is 0 Å². The predicted molar refractivity (Wildman–Crippen MR) is 51.0 cm³/mol. The lowest BCUT2D eigenvalue weighted by atomic mass is 10.3. The normalized spacial score (nSPS) is 23.4. The van der Waals surface area contributed by atoms with Gasteiger partial charge in [0.2, 0.25) is 0 Å². The van der Waals surface area contributed by atoms with E-state index in [0.29, 0.717) is 6.54 Å². The van der Waals surface area contributed by atoms with Crippen LogP contribution in [-0.2, 0) is 0 Å². The van der Waals surface area contributed by atoms with E-state index in [-0.39, 0.29) is 6.17 Å². The van der Waals surface area contributed by atoms with Crippen molar-refractivity contribution in [2.24, 2.45) is 10.2 Å². The van der Waals surface area contributed by atoms with Gasteiger partial charge < -0.3 is 0 Å². The summed E-state index contributed by atoms with van der Waals surface area (Å²) in [6.45, 7) is 0.582. The third-order valence-electron chi connectivity index (χ3n) is 1.98. The van der Waals surface area contributed by atoms with Gasteiger partial charge in [-0.05, 0) is 12.1 Å². The first-order valence-electron chi connectivity index (χ1n) is 4.53. The fourth-order valence-electron chi connectivity index (χ4n) is 1.26. The highest BCUT2D eigenvalue weighted by atomic mass is 16.5. The molecule has 1 fully saturated rings. The number of azo groups is 1. The molecule has 0 aliphatic carbocycles. The number of benzene rings is 1. The molecule has 1 heterocycles. The molecule has 1 aliphatic heterocycles. The second-order valence-corrected chi connectivity index (χ2v) is 3.11. The van der Waals surface area contributed by atoms with Gasteiger partial charge in [-0.15, -0.1) is 5.17 Å². The number of nitrogens with one attached hydrogen (secondary N) is 1. The van der Waals surface area contributed by atoms with Gasteiger partial charge in [0.15, 0.2) is 0 Å². The minimum Gasteiger partial charge on any atom is -0.299 e. The molecule has 0 bridgehead atoms. The number of hydrogen-bond acceptors (Lipinski definition) is 5. The molecule has 0 amide bonds. The van der Waals surface area contributed by atoms with Crippen LogP contribution in [-0.4, -0.2) is 23.1 Å². The number of nitrogens with zero attached hydrogens (tertiary/aromatic N) is 3. The van der Waals surface area contributed by atoms with Crippen molar-refractivity contribution in [2.45, 2.75) is 12.6 Å². The van der Waals surface area contributed by atoms with Crippen molar-refractivity contribution in [3.05, 3.63) is 30.3 Å². The zero-order chi connectivity index (χ0) is 9.80. The highest BCUT2D eigenvalue weighted by molar-refractivity contribution is 5.34. The number of hydrogen-bond donors (Lipinski definition) is 2. The Balaban J connectivity index is 1.94. The lowest BCUT2D eigenvalue weighted by molar-refractivity contribution is -0.115. The molecule has 5 nitrogen and oxygen atoms in total. The maximum atomic E-state index is 9.02. The van der Waals surface area contributed by atoms with Gasteiger partial charge in [-0.2, -0.15) is 10.2 Å². The molecule has 5 heteroatoms. The molecule has 74 valence electrons. The maximum Gasteiger partial charge on any atom is 0.137 e. The van der Waals surface area contributed by atoms with Crippen LogP contribution in [0.25, 0.3) is 0 Å². The summed E-state index contributed by atoms with van der Waals surface area (Å²) in [6, 6.07) is 9.52. The fourth-order valence-corrected chi connectivity index (χ4v) is 1.26. The van der Waals surface area contributed by atoms with Gasteiger partial charge in [0, 0.05) is 13.0 Å². The monoisotopic (exact) mass is 192 g/mol. The molecule has 1 aromatic carbocycles. The first-order valence-corrected chi connectivity index (χ1v) is 4.53. The number of rotatable bonds is 2. The molecule has 0 radical (unpaired) electrons. The number of hydrazine groups is 1. The topological polar surface area (TPSA) is 60.2 Å². The molecular formula is C9H12N4O. The molecule has 0 aromatic heterocycles. The van der Waals surface area contributed by atoms with E-state index in [4.69, 9.17) is 5.21 Å². The Labute approximate surface area is 82.0 Å². The molecule has 0 saturated carbocycles. The summed E-state index contributed by atoms with van der Waals surface area (Å²) in [4.78, 5) is 0. The average Bonchev–Trinajstić information content (AvgIpc) is 2.63. The SMILES string of the molecule is ON1CCC(N=Nc2ccccc2)N1. The highest BCUT2D eigenvalue weighted by Crippen LogP contribution is 2.13. The molecular weight excluding hydrogens is 180 g/mol. The summed E-state index contributed by atoms with van der Waals surface area (Å²) in [5.41, 5.74) is 3.58. The van der Waals surface area contributed by atoms with E-state index in [1.165, 1.54) is 0 Å². The minimum absolute atomic E-state index is 0.111. The minimum atomic E-state index is -0.111. The molecule has 1 aliphatic rings. The van der Waals surface area contributed by atoms with Gasteiger partial charge in [-0.1, -0.05) is 18.2 Å². The standard InChI is InChI=1S/C9H12N4O/c14-13-7-6-9(12-13)11-10-8-4-2-1-3-5-8/h1-5,9,12,14H,6-7H2. The van der Waals surface area contributed by atoms with Crippen LogP contribution in [0.3, 0.4) is 0 Å². The van der Waals surface area contributed by atoms with Gasteiger partial charge >= 0.3 is 0 Å². The van der Waals surface area contributed by atoms with Crippen molar-refractivity contribution in [2.75, 3.05) is 6.54 Å². The van der Waals surface area contributed by atoms with E-state index >= 15 is 0 Å². The van der Waals surface area contributed by atoms with Crippen LogP contribution in [0.2, 0.25) is 0 Å². The zero-order valence-corrected chi connectivity index (χ0v) is 7.67. The van der Waals surface area contributed by atoms with Crippen molar-refractivity contribution >= 4 is 5.69 Å². The molecule has 2 N–H and O–H groups in total. The van der Waals surface area contributed by atoms with Crippen LogP contribution >= 0.6 is 0 Å². The highest BCUT2D eigenvalue weighted by Gasteiger charge is 2.18. The Morgan fingerprint density at radius 3 is 2.79 bits per heavy atom. The summed E-state index contributed by atoms with van der Waals surface area (Å²) in [7, 11) is 0. The predicted octanol–water partition coefficient (Wildman–Crippen LogP) is 1.70. The van der Waals surface area contributed by atoms with E-state index in [1.54, 1.807) is 0 Å². The van der Waals surface area contributed by atoms with E-state index in [9.17, 15) is 0 Å². The lowest BCUT2D eigenvalue weighted by Crippen LogP contribution is -2.31. The Morgan fingerprint density at radius 1 is 1.36 bits per heavy atom. The quantitative estimate of drug-likeness (QED) is 0.701. The summed E-state index contributed by atoms with van der Waals surface area (Å²) in [6.07, 6.45) is 0.660. The molecule has 0 spiro atoms. The van der Waals surface area contributed by atoms with Crippen molar-refractivity contribution in [3.8, 4) is 0 Å². The van der Waals surface area contributed by atoms with E-state index in [1.807, 2.05) is 30.3 Å². The second kappa shape index (κ2) is 4.28. The first-order chi connectivity index (χ1) is 6.84. The number of hydroxylamine groups is 1. The van der Waals surface area contributed by atoms with E-state index in [2.05, 4.69) is 15.7 Å². The van der Waals surface area contributed by atoms with Crippen LogP contribution in [0, 0.1) is 0 Å². The first kappa shape index (κ1) is 9.26. The third-order valence-corrected chi connectivity index (χ3v) is 1.98. The van der Waals surface area contributed by atoms with Gasteiger partial charge in [0.25, 0.3) is 0 Å². The maximum absolute atomic E-state index is 9.02. The van der Waals surface area contributed by atoms with Crippen LogP contribution in [0.5, 0.6) is 0 Å². The van der Waals surface area contributed by atoms with E-state index < -0.39 is 0 Å². The Bertz CT molecular complexity index is 314. The van der Waals surface area contributed by atoms with Crippen LogP contribution in [0.1, 0.15) is 6.42 Å². The Hall–Kier alpha value is -1.30. The van der Waals surface area contributed by atoms with E-state index in [0.717, 1.165) is 17.3 Å². The molecule has 14 heavy (non-hydrogen) atoms. The molecule has 1 atom stereocenters. The molecule has 1 saturated heterocycles. The Morgan fingerprint density at radius 2 is 2.14 bits per heavy atom. The summed E-state index contributed by atoms with van der Waals surface area (Å²) in [5, 5.41) is 18.2. The zero-order valence-electron chi connectivity index (χ0n) is 7.67. The van der Waals surface area contributed by atoms with Crippen molar-refractivity contribution in [1.82, 2.24) is 10.6 Å². The average molecular weight is 192 g/mol. The fraction of sp³-hybridized carbons (Fsp3) is 0.333. The lowest BCUT2D eigenvalue weighted by Gasteiger charge is -2.05. The molecule has 1 unspecified atom stereocenters. The van der Waals surface area contributed by atoms with Gasteiger partial charge in [0.05, 0.1) is 5.69 Å². The second-order valence-electron chi connectivity index (χ2n) is 3.11. The van der Waals surface area contributed by atoms with Crippen LogP contribution in [0.4, 0.5) is 5.69 Å². The largest absolute Gasteiger partial charge is 0.299 e. The van der Waals surface area contributed by atoms with Gasteiger partial charge in [-0.25, -0.2) is 5.43 Å². The molecule has 1 aromatic rings. The summed E-state index contributed by atoms with van der Waals surface area (Å²) < 4.78 is 0. The summed E-state index contributed by atoms with van der Waals surface area (Å²) in [5.74, 6) is 0. The van der Waals surface area contributed by atoms with Crippen molar-refractivity contribution < 1.29 is 5.21 Å². The third kappa shape index (κ3) is 2.35. The van der Waals surface area contributed by atoms with Gasteiger partial charge in [-0.3, -0.25) is 5.21 Å². The van der Waals surface area contributed by atoms with Crippen LogP contribution in [0.15, 0.2) is 40.6 Å². The van der Waals surface area contributed by atoms with Crippen LogP contribution < -0.4 is 5.43 Å². The van der Waals surface area contributed by atoms with Crippen molar-refractivity contribution in [3.63, 3.8) is 0 Å². The Kier molecular flexibility index (Phi) is 2.83. The summed E-state index contributed by atoms with van der Waals surface area (Å²) >= 11 is 0. The smallest absolute Gasteiger partial charge is 0.137 e.